The second-order valence-electron chi connectivity index (χ2n) is 6.51. The number of benzene rings is 1. The summed E-state index contributed by atoms with van der Waals surface area (Å²) in [6.07, 6.45) is 2.21. The van der Waals surface area contributed by atoms with Gasteiger partial charge in [-0.15, -0.1) is 0 Å². The average molecular weight is 318 g/mol. The molecule has 0 aliphatic heterocycles. The highest BCUT2D eigenvalue weighted by molar-refractivity contribution is 6.00. The summed E-state index contributed by atoms with van der Waals surface area (Å²) >= 11 is 0. The highest BCUT2D eigenvalue weighted by atomic mass is 16.5. The maximum atomic E-state index is 12.3. The number of hydrogen-bond donors (Lipinski definition) is 0. The van der Waals surface area contributed by atoms with E-state index in [-0.39, 0.29) is 11.4 Å². The fourth-order valence-electron chi connectivity index (χ4n) is 2.34. The van der Waals surface area contributed by atoms with E-state index in [4.69, 9.17) is 9.47 Å². The summed E-state index contributed by atoms with van der Waals surface area (Å²) in [6.45, 7) is 13.9. The zero-order chi connectivity index (χ0) is 17.5. The first-order valence-corrected chi connectivity index (χ1v) is 8.34. The van der Waals surface area contributed by atoms with Gasteiger partial charge in [-0.05, 0) is 51.3 Å². The highest BCUT2D eigenvalue weighted by Gasteiger charge is 2.33. The molecule has 0 spiro atoms. The monoisotopic (exact) mass is 318 g/mol. The Morgan fingerprint density at radius 1 is 1.13 bits per heavy atom. The molecule has 0 fully saturated rings. The normalized spacial score (nSPS) is 16.2. The molecule has 1 rings (SSSR count). The lowest BCUT2D eigenvalue weighted by atomic mass is 9.92. The third-order valence-corrected chi connectivity index (χ3v) is 4.45. The molecule has 0 heterocycles. The van der Waals surface area contributed by atoms with Gasteiger partial charge in [-0.2, -0.15) is 0 Å². The molecule has 1 aromatic carbocycles. The molecular weight excluding hydrogens is 288 g/mol. The van der Waals surface area contributed by atoms with Crippen LogP contribution in [0.2, 0.25) is 0 Å². The van der Waals surface area contributed by atoms with Crippen molar-refractivity contribution >= 4 is 5.78 Å². The fourth-order valence-corrected chi connectivity index (χ4v) is 2.34. The van der Waals surface area contributed by atoms with Crippen molar-refractivity contribution in [3.05, 3.63) is 42.5 Å². The van der Waals surface area contributed by atoms with Gasteiger partial charge in [0.1, 0.15) is 17.0 Å². The molecule has 0 aromatic heterocycles. The van der Waals surface area contributed by atoms with Crippen LogP contribution in [0, 0.1) is 0 Å². The quantitative estimate of drug-likeness (QED) is 0.572. The SMILES string of the molecule is C=C(C)C(=O)C(C)(CC)OCCC(C)(CC)Oc1ccccc1. The van der Waals surface area contributed by atoms with Gasteiger partial charge in [0.15, 0.2) is 5.78 Å². The summed E-state index contributed by atoms with van der Waals surface area (Å²) in [5.41, 5.74) is -0.580. The van der Waals surface area contributed by atoms with Crippen LogP contribution in [-0.2, 0) is 9.53 Å². The Morgan fingerprint density at radius 2 is 1.74 bits per heavy atom. The smallest absolute Gasteiger partial charge is 0.189 e. The third kappa shape index (κ3) is 5.51. The van der Waals surface area contributed by atoms with Crippen LogP contribution in [0.15, 0.2) is 42.5 Å². The van der Waals surface area contributed by atoms with Gasteiger partial charge in [0.05, 0.1) is 6.61 Å². The predicted octanol–water partition coefficient (Wildman–Crippen LogP) is 4.95. The van der Waals surface area contributed by atoms with E-state index < -0.39 is 5.60 Å². The minimum Gasteiger partial charge on any atom is -0.488 e. The van der Waals surface area contributed by atoms with Crippen LogP contribution < -0.4 is 4.74 Å². The van der Waals surface area contributed by atoms with E-state index in [1.54, 1.807) is 6.92 Å². The molecule has 0 aliphatic carbocycles. The van der Waals surface area contributed by atoms with Gasteiger partial charge in [-0.25, -0.2) is 0 Å². The van der Waals surface area contributed by atoms with Gasteiger partial charge in [-0.3, -0.25) is 4.79 Å². The van der Waals surface area contributed by atoms with E-state index in [0.717, 1.165) is 18.6 Å². The van der Waals surface area contributed by atoms with E-state index in [2.05, 4.69) is 20.4 Å². The number of carbonyl (C=O) groups is 1. The zero-order valence-corrected chi connectivity index (χ0v) is 15.1. The molecule has 0 N–H and O–H groups in total. The second kappa shape index (κ2) is 8.30. The Kier molecular flexibility index (Phi) is 7.01. The number of ether oxygens (including phenoxy) is 2. The minimum absolute atomic E-state index is 0.0258. The van der Waals surface area contributed by atoms with Gasteiger partial charge in [0.25, 0.3) is 0 Å². The van der Waals surface area contributed by atoms with Gasteiger partial charge >= 0.3 is 0 Å². The Bertz CT molecular complexity index is 523. The van der Waals surface area contributed by atoms with Crippen LogP contribution in [0.3, 0.4) is 0 Å². The van der Waals surface area contributed by atoms with Crippen molar-refractivity contribution in [2.24, 2.45) is 0 Å². The Labute approximate surface area is 140 Å². The van der Waals surface area contributed by atoms with Gasteiger partial charge in [-0.1, -0.05) is 38.6 Å². The molecule has 1 aromatic rings. The zero-order valence-electron chi connectivity index (χ0n) is 15.1. The molecule has 2 atom stereocenters. The average Bonchev–Trinajstić information content (AvgIpc) is 2.54. The Hall–Kier alpha value is -1.61. The molecular formula is C20H30O3. The molecule has 2 unspecified atom stereocenters. The topological polar surface area (TPSA) is 35.5 Å². The molecule has 0 saturated carbocycles. The summed E-state index contributed by atoms with van der Waals surface area (Å²) in [5.74, 6) is 0.829. The number of ketones is 1. The summed E-state index contributed by atoms with van der Waals surface area (Å²) in [4.78, 5) is 12.3. The highest BCUT2D eigenvalue weighted by Crippen LogP contribution is 2.26. The molecule has 128 valence electrons. The first-order chi connectivity index (χ1) is 10.8. The predicted molar refractivity (Wildman–Crippen MR) is 94.9 cm³/mol. The fraction of sp³-hybridized carbons (Fsp3) is 0.550. The third-order valence-electron chi connectivity index (χ3n) is 4.45. The van der Waals surface area contributed by atoms with Gasteiger partial charge in [0, 0.05) is 6.42 Å². The van der Waals surface area contributed by atoms with Crippen LogP contribution in [-0.4, -0.2) is 23.6 Å². The van der Waals surface area contributed by atoms with Crippen LogP contribution in [0.4, 0.5) is 0 Å². The summed E-state index contributed by atoms with van der Waals surface area (Å²) in [7, 11) is 0. The number of carbonyl (C=O) groups excluding carboxylic acids is 1. The standard InChI is InChI=1S/C20H30O3/c1-7-19(5,23-17-12-10-9-11-13-17)14-15-22-20(6,8-2)18(21)16(3)4/h9-13H,3,7-8,14-15H2,1-2,4-6H3. The molecule has 0 bridgehead atoms. The van der Waals surface area contributed by atoms with Crippen molar-refractivity contribution < 1.29 is 14.3 Å². The lowest BCUT2D eigenvalue weighted by molar-refractivity contribution is -0.140. The molecule has 0 saturated heterocycles. The molecule has 3 heteroatoms. The molecule has 0 amide bonds. The first kappa shape index (κ1) is 19.4. The van der Waals surface area contributed by atoms with Crippen LogP contribution in [0.25, 0.3) is 0 Å². The van der Waals surface area contributed by atoms with Crippen molar-refractivity contribution in [3.63, 3.8) is 0 Å². The summed E-state index contributed by atoms with van der Waals surface area (Å²) in [6, 6.07) is 9.80. The van der Waals surface area contributed by atoms with E-state index in [1.165, 1.54) is 0 Å². The number of Topliss-reactive ketones (excluding diaryl/α,β-unsaturated/α-hetero) is 1. The van der Waals surface area contributed by atoms with E-state index >= 15 is 0 Å². The maximum Gasteiger partial charge on any atom is 0.189 e. The maximum absolute atomic E-state index is 12.3. The van der Waals surface area contributed by atoms with Crippen molar-refractivity contribution in [2.75, 3.05) is 6.61 Å². The lowest BCUT2D eigenvalue weighted by Gasteiger charge is -2.32. The van der Waals surface area contributed by atoms with Crippen molar-refractivity contribution in [2.45, 2.75) is 65.1 Å². The van der Waals surface area contributed by atoms with Crippen LogP contribution in [0.5, 0.6) is 5.75 Å². The molecule has 23 heavy (non-hydrogen) atoms. The van der Waals surface area contributed by atoms with Gasteiger partial charge in [0.2, 0.25) is 0 Å². The van der Waals surface area contributed by atoms with Crippen molar-refractivity contribution in [3.8, 4) is 5.75 Å². The molecule has 0 aliphatic rings. The molecule has 3 nitrogen and oxygen atoms in total. The van der Waals surface area contributed by atoms with Crippen LogP contribution in [0.1, 0.15) is 53.9 Å². The van der Waals surface area contributed by atoms with Crippen molar-refractivity contribution in [1.82, 2.24) is 0 Å². The van der Waals surface area contributed by atoms with E-state index in [0.29, 0.717) is 18.6 Å². The largest absolute Gasteiger partial charge is 0.488 e. The van der Waals surface area contributed by atoms with E-state index in [1.807, 2.05) is 44.2 Å². The Morgan fingerprint density at radius 3 is 2.22 bits per heavy atom. The minimum atomic E-state index is -0.798. The lowest BCUT2D eigenvalue weighted by Crippen LogP contribution is -2.41. The van der Waals surface area contributed by atoms with Crippen molar-refractivity contribution in [1.29, 1.82) is 0 Å². The summed E-state index contributed by atoms with van der Waals surface area (Å²) in [5, 5.41) is 0. The number of hydrogen-bond acceptors (Lipinski definition) is 3. The van der Waals surface area contributed by atoms with E-state index in [9.17, 15) is 4.79 Å². The second-order valence-corrected chi connectivity index (χ2v) is 6.51. The number of para-hydroxylation sites is 1. The Balaban J connectivity index is 2.66. The van der Waals surface area contributed by atoms with Crippen LogP contribution >= 0.6 is 0 Å². The molecule has 0 radical (unpaired) electrons. The summed E-state index contributed by atoms with van der Waals surface area (Å²) < 4.78 is 12.1. The first-order valence-electron chi connectivity index (χ1n) is 8.34. The number of rotatable bonds is 10. The van der Waals surface area contributed by atoms with Gasteiger partial charge < -0.3 is 9.47 Å².